The Morgan fingerprint density at radius 1 is 1.41 bits per heavy atom. The Morgan fingerprint density at radius 3 is 2.53 bits per heavy atom. The summed E-state index contributed by atoms with van der Waals surface area (Å²) >= 11 is 3.35. The molecule has 17 heavy (non-hydrogen) atoms. The molecule has 1 aromatic carbocycles. The predicted octanol–water partition coefficient (Wildman–Crippen LogP) is 3.00. The fourth-order valence-electron chi connectivity index (χ4n) is 1.17. The standard InChI is InChI=1S/C11H16BrNO3S/c1-4-17(14,15)13-9-5-6-11(10(12)7-9)16-8(2)3/h5-8,13H,4H2,1-3H3. The number of hydrogen-bond donors (Lipinski definition) is 1. The van der Waals surface area contributed by atoms with E-state index in [1.807, 2.05) is 13.8 Å². The number of rotatable bonds is 5. The Morgan fingerprint density at radius 2 is 2.06 bits per heavy atom. The Balaban J connectivity index is 2.89. The van der Waals surface area contributed by atoms with Crippen LogP contribution in [-0.4, -0.2) is 20.3 Å². The lowest BCUT2D eigenvalue weighted by Gasteiger charge is -2.13. The average Bonchev–Trinajstić information content (AvgIpc) is 2.21. The molecular weight excluding hydrogens is 306 g/mol. The van der Waals surface area contributed by atoms with Crippen molar-refractivity contribution in [2.24, 2.45) is 0 Å². The Labute approximate surface area is 111 Å². The van der Waals surface area contributed by atoms with Crippen molar-refractivity contribution in [3.05, 3.63) is 22.7 Å². The van der Waals surface area contributed by atoms with Gasteiger partial charge in [0.05, 0.1) is 16.3 Å². The molecule has 0 unspecified atom stereocenters. The normalized spacial score (nSPS) is 11.6. The van der Waals surface area contributed by atoms with E-state index in [0.717, 1.165) is 4.47 Å². The molecule has 96 valence electrons. The van der Waals surface area contributed by atoms with Crippen molar-refractivity contribution in [1.82, 2.24) is 0 Å². The molecule has 0 saturated carbocycles. The van der Waals surface area contributed by atoms with Gasteiger partial charge in [0.2, 0.25) is 10.0 Å². The number of benzene rings is 1. The number of sulfonamides is 1. The third-order valence-electron chi connectivity index (χ3n) is 1.95. The van der Waals surface area contributed by atoms with E-state index >= 15 is 0 Å². The second-order valence-electron chi connectivity index (χ2n) is 3.82. The largest absolute Gasteiger partial charge is 0.490 e. The first kappa shape index (κ1) is 14.3. The fraction of sp³-hybridized carbons (Fsp3) is 0.455. The van der Waals surface area contributed by atoms with Crippen LogP contribution < -0.4 is 9.46 Å². The van der Waals surface area contributed by atoms with Crippen molar-refractivity contribution in [3.8, 4) is 5.75 Å². The van der Waals surface area contributed by atoms with Gasteiger partial charge >= 0.3 is 0 Å². The summed E-state index contributed by atoms with van der Waals surface area (Å²) in [5.74, 6) is 0.744. The van der Waals surface area contributed by atoms with Gasteiger partial charge in [-0.25, -0.2) is 8.42 Å². The quantitative estimate of drug-likeness (QED) is 0.907. The van der Waals surface area contributed by atoms with Crippen LogP contribution in [-0.2, 0) is 10.0 Å². The molecule has 0 aliphatic rings. The monoisotopic (exact) mass is 321 g/mol. The van der Waals surface area contributed by atoms with E-state index < -0.39 is 10.0 Å². The first-order valence-electron chi connectivity index (χ1n) is 5.30. The molecule has 1 rings (SSSR count). The van der Waals surface area contributed by atoms with Crippen LogP contribution in [0.15, 0.2) is 22.7 Å². The molecule has 0 heterocycles. The van der Waals surface area contributed by atoms with E-state index in [4.69, 9.17) is 4.74 Å². The second-order valence-corrected chi connectivity index (χ2v) is 6.68. The van der Waals surface area contributed by atoms with E-state index in [1.165, 1.54) is 0 Å². The van der Waals surface area contributed by atoms with E-state index in [9.17, 15) is 8.42 Å². The minimum Gasteiger partial charge on any atom is -0.490 e. The molecule has 0 amide bonds. The van der Waals surface area contributed by atoms with Crippen molar-refractivity contribution < 1.29 is 13.2 Å². The first-order valence-corrected chi connectivity index (χ1v) is 7.75. The zero-order chi connectivity index (χ0) is 13.1. The van der Waals surface area contributed by atoms with Gasteiger partial charge in [0.1, 0.15) is 5.75 Å². The van der Waals surface area contributed by atoms with Gasteiger partial charge in [-0.15, -0.1) is 0 Å². The predicted molar refractivity (Wildman–Crippen MR) is 73.0 cm³/mol. The molecular formula is C11H16BrNO3S. The van der Waals surface area contributed by atoms with E-state index in [2.05, 4.69) is 20.7 Å². The van der Waals surface area contributed by atoms with Crippen LogP contribution in [0.4, 0.5) is 5.69 Å². The number of ether oxygens (including phenoxy) is 1. The van der Waals surface area contributed by atoms with Gasteiger partial charge < -0.3 is 4.74 Å². The maximum atomic E-state index is 11.4. The summed E-state index contributed by atoms with van der Waals surface area (Å²) < 4.78 is 31.5. The number of anilines is 1. The summed E-state index contributed by atoms with van der Waals surface area (Å²) in [6, 6.07) is 5.10. The SMILES string of the molecule is CCS(=O)(=O)Nc1ccc(OC(C)C)c(Br)c1. The minimum absolute atomic E-state index is 0.0505. The maximum absolute atomic E-state index is 11.4. The van der Waals surface area contributed by atoms with Crippen molar-refractivity contribution >= 4 is 31.6 Å². The molecule has 0 spiro atoms. The van der Waals surface area contributed by atoms with Crippen LogP contribution in [0.5, 0.6) is 5.75 Å². The lowest BCUT2D eigenvalue weighted by Crippen LogP contribution is -2.14. The molecule has 1 aromatic rings. The minimum atomic E-state index is -3.24. The summed E-state index contributed by atoms with van der Waals surface area (Å²) in [6.07, 6.45) is 0.0736. The highest BCUT2D eigenvalue weighted by Crippen LogP contribution is 2.29. The molecule has 6 heteroatoms. The summed E-state index contributed by atoms with van der Waals surface area (Å²) in [4.78, 5) is 0. The Kier molecular flexibility index (Phi) is 4.82. The zero-order valence-corrected chi connectivity index (χ0v) is 12.4. The van der Waals surface area contributed by atoms with Crippen LogP contribution in [0.1, 0.15) is 20.8 Å². The zero-order valence-electron chi connectivity index (χ0n) is 10.0. The Hall–Kier alpha value is -0.750. The van der Waals surface area contributed by atoms with Crippen molar-refractivity contribution in [2.45, 2.75) is 26.9 Å². The summed E-state index contributed by atoms with van der Waals surface area (Å²) in [6.45, 7) is 5.45. The number of hydrogen-bond acceptors (Lipinski definition) is 3. The van der Waals surface area contributed by atoms with Crippen molar-refractivity contribution in [1.29, 1.82) is 0 Å². The van der Waals surface area contributed by atoms with Crippen LogP contribution in [0.2, 0.25) is 0 Å². The average molecular weight is 322 g/mol. The van der Waals surface area contributed by atoms with Gasteiger partial charge in [-0.05, 0) is 54.9 Å². The topological polar surface area (TPSA) is 55.4 Å². The van der Waals surface area contributed by atoms with E-state index in [1.54, 1.807) is 25.1 Å². The molecule has 0 aliphatic carbocycles. The molecule has 0 radical (unpaired) electrons. The number of nitrogens with one attached hydrogen (secondary N) is 1. The lowest BCUT2D eigenvalue weighted by molar-refractivity contribution is 0.241. The first-order chi connectivity index (χ1) is 7.84. The van der Waals surface area contributed by atoms with Gasteiger partial charge in [-0.2, -0.15) is 0 Å². The van der Waals surface area contributed by atoms with Gasteiger partial charge in [0.15, 0.2) is 0 Å². The molecule has 1 N–H and O–H groups in total. The van der Waals surface area contributed by atoms with Crippen molar-refractivity contribution in [2.75, 3.05) is 10.5 Å². The molecule has 0 aromatic heterocycles. The fourth-order valence-corrected chi connectivity index (χ4v) is 2.27. The van der Waals surface area contributed by atoms with Gasteiger partial charge in [-0.1, -0.05) is 0 Å². The summed E-state index contributed by atoms with van der Waals surface area (Å²) in [5, 5.41) is 0. The van der Waals surface area contributed by atoms with Gasteiger partial charge in [0.25, 0.3) is 0 Å². The second kappa shape index (κ2) is 5.73. The van der Waals surface area contributed by atoms with Crippen molar-refractivity contribution in [3.63, 3.8) is 0 Å². The van der Waals surface area contributed by atoms with Gasteiger partial charge in [0, 0.05) is 5.69 Å². The molecule has 0 saturated heterocycles. The van der Waals surface area contributed by atoms with Crippen LogP contribution in [0.3, 0.4) is 0 Å². The summed E-state index contributed by atoms with van der Waals surface area (Å²) in [5.41, 5.74) is 0.523. The lowest BCUT2D eigenvalue weighted by atomic mass is 10.3. The smallest absolute Gasteiger partial charge is 0.232 e. The van der Waals surface area contributed by atoms with Crippen LogP contribution in [0.25, 0.3) is 0 Å². The van der Waals surface area contributed by atoms with Crippen LogP contribution >= 0.6 is 15.9 Å². The highest BCUT2D eigenvalue weighted by atomic mass is 79.9. The van der Waals surface area contributed by atoms with Gasteiger partial charge in [-0.3, -0.25) is 4.72 Å². The molecule has 0 aliphatic heterocycles. The van der Waals surface area contributed by atoms with Crippen LogP contribution in [0, 0.1) is 0 Å². The molecule has 4 nitrogen and oxygen atoms in total. The molecule has 0 bridgehead atoms. The highest BCUT2D eigenvalue weighted by Gasteiger charge is 2.09. The molecule has 0 atom stereocenters. The van der Waals surface area contributed by atoms with E-state index in [-0.39, 0.29) is 11.9 Å². The third kappa shape index (κ3) is 4.55. The highest BCUT2D eigenvalue weighted by molar-refractivity contribution is 9.10. The van der Waals surface area contributed by atoms with E-state index in [0.29, 0.717) is 11.4 Å². The molecule has 0 fully saturated rings. The summed E-state index contributed by atoms with van der Waals surface area (Å²) in [7, 11) is -3.24. The number of halogens is 1. The Bertz CT molecular complexity index is 485. The third-order valence-corrected chi connectivity index (χ3v) is 3.87. The maximum Gasteiger partial charge on any atom is 0.232 e.